The highest BCUT2D eigenvalue weighted by Crippen LogP contribution is 2.32. The average molecular weight is 288 g/mol. The van der Waals surface area contributed by atoms with Gasteiger partial charge in [-0.25, -0.2) is 0 Å². The molecule has 0 heterocycles. The third-order valence-electron chi connectivity index (χ3n) is 5.17. The Morgan fingerprint density at radius 1 is 1.14 bits per heavy atom. The predicted molar refractivity (Wildman–Crippen MR) is 85.8 cm³/mol. The molecule has 2 nitrogen and oxygen atoms in total. The van der Waals surface area contributed by atoms with Gasteiger partial charge in [-0.1, -0.05) is 25.8 Å². The summed E-state index contributed by atoms with van der Waals surface area (Å²) in [5.74, 6) is 1.68. The number of benzene rings is 1. The van der Waals surface area contributed by atoms with E-state index in [1.807, 2.05) is 0 Å². The molecule has 1 N–H and O–H groups in total. The molecule has 0 radical (unpaired) electrons. The fourth-order valence-electron chi connectivity index (χ4n) is 3.95. The van der Waals surface area contributed by atoms with E-state index in [1.165, 1.54) is 49.7 Å². The highest BCUT2D eigenvalue weighted by atomic mass is 16.5. The van der Waals surface area contributed by atoms with Crippen LogP contribution in [0.2, 0.25) is 0 Å². The first-order valence-corrected chi connectivity index (χ1v) is 8.72. The van der Waals surface area contributed by atoms with Crippen LogP contribution in [0.5, 0.6) is 5.75 Å². The maximum absolute atomic E-state index is 10.2. The Kier molecular flexibility index (Phi) is 4.84. The first-order chi connectivity index (χ1) is 10.3. The van der Waals surface area contributed by atoms with Crippen LogP contribution in [0, 0.1) is 5.92 Å². The van der Waals surface area contributed by atoms with Crippen LogP contribution in [-0.4, -0.2) is 17.3 Å². The molecule has 0 aliphatic heterocycles. The molecule has 3 rings (SSSR count). The van der Waals surface area contributed by atoms with Crippen LogP contribution in [0.15, 0.2) is 18.2 Å². The van der Waals surface area contributed by atoms with E-state index in [-0.39, 0.29) is 12.2 Å². The van der Waals surface area contributed by atoms with Crippen LogP contribution in [0.1, 0.15) is 63.0 Å². The molecule has 116 valence electrons. The van der Waals surface area contributed by atoms with E-state index < -0.39 is 0 Å². The Bertz CT molecular complexity index is 469. The van der Waals surface area contributed by atoms with Gasteiger partial charge in [-0.2, -0.15) is 0 Å². The van der Waals surface area contributed by atoms with E-state index in [2.05, 4.69) is 25.1 Å². The Labute approximate surface area is 128 Å². The largest absolute Gasteiger partial charge is 0.488 e. The number of aliphatic hydroxyl groups excluding tert-OH is 1. The van der Waals surface area contributed by atoms with E-state index in [4.69, 9.17) is 4.74 Å². The van der Waals surface area contributed by atoms with Crippen molar-refractivity contribution in [1.29, 1.82) is 0 Å². The van der Waals surface area contributed by atoms with E-state index >= 15 is 0 Å². The molecule has 2 heteroatoms. The lowest BCUT2D eigenvalue weighted by Crippen LogP contribution is -2.38. The van der Waals surface area contributed by atoms with Crippen molar-refractivity contribution in [2.45, 2.75) is 76.9 Å². The summed E-state index contributed by atoms with van der Waals surface area (Å²) in [4.78, 5) is 0. The van der Waals surface area contributed by atoms with Crippen LogP contribution in [0.25, 0.3) is 0 Å². The minimum atomic E-state index is -0.297. The van der Waals surface area contributed by atoms with E-state index in [0.29, 0.717) is 0 Å². The molecule has 0 saturated heterocycles. The van der Waals surface area contributed by atoms with Crippen molar-refractivity contribution < 1.29 is 9.84 Å². The molecular formula is C19H28O2. The molecule has 21 heavy (non-hydrogen) atoms. The lowest BCUT2D eigenvalue weighted by atomic mass is 9.83. The Morgan fingerprint density at radius 2 is 1.95 bits per heavy atom. The Balaban J connectivity index is 1.67. The minimum absolute atomic E-state index is 0.0167. The van der Waals surface area contributed by atoms with Crippen molar-refractivity contribution in [2.75, 3.05) is 0 Å². The first-order valence-electron chi connectivity index (χ1n) is 8.72. The molecule has 0 spiro atoms. The number of rotatable bonds is 4. The molecule has 0 amide bonds. The average Bonchev–Trinajstić information content (AvgIpc) is 2.51. The number of aliphatic hydroxyl groups is 1. The van der Waals surface area contributed by atoms with Crippen molar-refractivity contribution in [3.05, 3.63) is 29.3 Å². The molecule has 3 unspecified atom stereocenters. The quantitative estimate of drug-likeness (QED) is 0.896. The summed E-state index contributed by atoms with van der Waals surface area (Å²) >= 11 is 0. The zero-order chi connectivity index (χ0) is 14.7. The lowest BCUT2D eigenvalue weighted by molar-refractivity contribution is -0.0117. The lowest BCUT2D eigenvalue weighted by Gasteiger charge is -2.33. The van der Waals surface area contributed by atoms with Crippen molar-refractivity contribution in [1.82, 2.24) is 0 Å². The van der Waals surface area contributed by atoms with Gasteiger partial charge in [0.05, 0.1) is 6.10 Å². The third kappa shape index (κ3) is 3.60. The molecule has 3 atom stereocenters. The Morgan fingerprint density at radius 3 is 2.76 bits per heavy atom. The second-order valence-electron chi connectivity index (χ2n) is 6.83. The van der Waals surface area contributed by atoms with Gasteiger partial charge in [0.1, 0.15) is 11.9 Å². The number of hydrogen-bond acceptors (Lipinski definition) is 2. The summed E-state index contributed by atoms with van der Waals surface area (Å²) in [7, 11) is 0. The maximum atomic E-state index is 10.2. The molecule has 0 aromatic heterocycles. The van der Waals surface area contributed by atoms with Gasteiger partial charge in [0.15, 0.2) is 0 Å². The summed E-state index contributed by atoms with van der Waals surface area (Å²) in [6, 6.07) is 6.54. The fraction of sp³-hybridized carbons (Fsp3) is 0.684. The van der Waals surface area contributed by atoms with Crippen LogP contribution in [-0.2, 0) is 12.8 Å². The standard InChI is InChI=1S/C19H28O2/c1-2-5-14-8-11-18(20)19(12-14)21-17-10-9-15-6-3-4-7-16(15)13-17/h9-10,13-14,18-20H,2-8,11-12H2,1H3. The zero-order valence-corrected chi connectivity index (χ0v) is 13.2. The number of hydrogen-bond donors (Lipinski definition) is 1. The van der Waals surface area contributed by atoms with Gasteiger partial charge in [0, 0.05) is 0 Å². The molecule has 1 aromatic rings. The maximum Gasteiger partial charge on any atom is 0.125 e. The second-order valence-corrected chi connectivity index (χ2v) is 6.83. The fourth-order valence-corrected chi connectivity index (χ4v) is 3.95. The van der Waals surface area contributed by atoms with Crippen LogP contribution in [0.4, 0.5) is 0 Å². The normalized spacial score (nSPS) is 29.0. The summed E-state index contributed by atoms with van der Waals surface area (Å²) in [6.07, 6.45) is 10.2. The van der Waals surface area contributed by atoms with Gasteiger partial charge in [0.25, 0.3) is 0 Å². The summed E-state index contributed by atoms with van der Waals surface area (Å²) in [5.41, 5.74) is 2.94. The van der Waals surface area contributed by atoms with Crippen molar-refractivity contribution in [3.63, 3.8) is 0 Å². The molecular weight excluding hydrogens is 260 g/mol. The highest BCUT2D eigenvalue weighted by molar-refractivity contribution is 5.37. The molecule has 1 fully saturated rings. The van der Waals surface area contributed by atoms with Crippen LogP contribution >= 0.6 is 0 Å². The van der Waals surface area contributed by atoms with Crippen molar-refractivity contribution >= 4 is 0 Å². The predicted octanol–water partition coefficient (Wildman–Crippen LogP) is 4.27. The smallest absolute Gasteiger partial charge is 0.125 e. The van der Waals surface area contributed by atoms with Crippen molar-refractivity contribution in [3.8, 4) is 5.75 Å². The van der Waals surface area contributed by atoms with Gasteiger partial charge in [-0.15, -0.1) is 0 Å². The molecule has 2 aliphatic rings. The monoisotopic (exact) mass is 288 g/mol. The highest BCUT2D eigenvalue weighted by Gasteiger charge is 2.30. The second kappa shape index (κ2) is 6.83. The van der Waals surface area contributed by atoms with Crippen LogP contribution < -0.4 is 4.74 Å². The van der Waals surface area contributed by atoms with E-state index in [1.54, 1.807) is 0 Å². The SMILES string of the molecule is CCCC1CCC(O)C(Oc2ccc3c(c2)CCCC3)C1. The molecule has 1 saturated carbocycles. The van der Waals surface area contributed by atoms with E-state index in [0.717, 1.165) is 30.9 Å². The van der Waals surface area contributed by atoms with E-state index in [9.17, 15) is 5.11 Å². The van der Waals surface area contributed by atoms with Gasteiger partial charge >= 0.3 is 0 Å². The van der Waals surface area contributed by atoms with Gasteiger partial charge in [-0.3, -0.25) is 0 Å². The van der Waals surface area contributed by atoms with Gasteiger partial charge < -0.3 is 9.84 Å². The first kappa shape index (κ1) is 14.9. The third-order valence-corrected chi connectivity index (χ3v) is 5.17. The summed E-state index contributed by atoms with van der Waals surface area (Å²) in [6.45, 7) is 2.24. The number of aryl methyl sites for hydroxylation is 2. The zero-order valence-electron chi connectivity index (χ0n) is 13.2. The Hall–Kier alpha value is -1.02. The summed E-state index contributed by atoms with van der Waals surface area (Å²) < 4.78 is 6.16. The molecule has 0 bridgehead atoms. The number of ether oxygens (including phenoxy) is 1. The van der Waals surface area contributed by atoms with Gasteiger partial charge in [-0.05, 0) is 74.1 Å². The molecule has 2 aliphatic carbocycles. The topological polar surface area (TPSA) is 29.5 Å². The minimum Gasteiger partial charge on any atom is -0.488 e. The van der Waals surface area contributed by atoms with Crippen molar-refractivity contribution in [2.24, 2.45) is 5.92 Å². The van der Waals surface area contributed by atoms with Crippen LogP contribution in [0.3, 0.4) is 0 Å². The van der Waals surface area contributed by atoms with Gasteiger partial charge in [0.2, 0.25) is 0 Å². The summed E-state index contributed by atoms with van der Waals surface area (Å²) in [5, 5.41) is 10.2. The molecule has 1 aromatic carbocycles. The number of fused-ring (bicyclic) bond motifs is 1.